The van der Waals surface area contributed by atoms with E-state index in [9.17, 15) is 4.79 Å². The lowest BCUT2D eigenvalue weighted by molar-refractivity contribution is -0.119. The number of benzene rings is 1. The third kappa shape index (κ3) is 5.08. The second-order valence-corrected chi connectivity index (χ2v) is 9.08. The molecule has 0 spiro atoms. The highest BCUT2D eigenvalue weighted by Gasteiger charge is 2.23. The molecule has 8 heteroatoms. The van der Waals surface area contributed by atoms with Gasteiger partial charge in [0.25, 0.3) is 0 Å². The predicted octanol–water partition coefficient (Wildman–Crippen LogP) is 5.03. The molecule has 3 aromatic rings. The van der Waals surface area contributed by atoms with Crippen molar-refractivity contribution in [1.29, 1.82) is 0 Å². The van der Waals surface area contributed by atoms with E-state index in [2.05, 4.69) is 22.4 Å². The Hall–Kier alpha value is -2.25. The highest BCUT2D eigenvalue weighted by molar-refractivity contribution is 7.99. The van der Waals surface area contributed by atoms with Crippen LogP contribution in [0.1, 0.15) is 38.4 Å². The van der Waals surface area contributed by atoms with Crippen molar-refractivity contribution in [2.24, 2.45) is 5.92 Å². The lowest BCUT2D eigenvalue weighted by Gasteiger charge is -2.29. The Morgan fingerprint density at radius 3 is 2.77 bits per heavy atom. The van der Waals surface area contributed by atoms with Crippen molar-refractivity contribution in [2.45, 2.75) is 50.4 Å². The normalized spacial score (nSPS) is 19.0. The van der Waals surface area contributed by atoms with Crippen molar-refractivity contribution in [3.63, 3.8) is 0 Å². The Morgan fingerprint density at radius 2 is 2.03 bits per heavy atom. The van der Waals surface area contributed by atoms with Gasteiger partial charge in [0.15, 0.2) is 11.0 Å². The first kappa shape index (κ1) is 21.0. The van der Waals surface area contributed by atoms with Crippen molar-refractivity contribution in [2.75, 3.05) is 5.75 Å². The predicted molar refractivity (Wildman–Crippen MR) is 119 cm³/mol. The van der Waals surface area contributed by atoms with Gasteiger partial charge in [0.05, 0.1) is 18.6 Å². The number of hydrogen-bond donors (Lipinski definition) is 1. The fourth-order valence-corrected chi connectivity index (χ4v) is 4.69. The van der Waals surface area contributed by atoms with Gasteiger partial charge in [-0.05, 0) is 55.2 Å². The maximum Gasteiger partial charge on any atom is 0.230 e. The van der Waals surface area contributed by atoms with Crippen molar-refractivity contribution in [3.8, 4) is 11.4 Å². The SMILES string of the molecule is C[C@H]1CCCC[C@H]1NC(=O)CSc1nnc(-c2ccc(Cl)cc2)n1Cc1ccco1. The van der Waals surface area contributed by atoms with Crippen molar-refractivity contribution in [3.05, 3.63) is 53.4 Å². The van der Waals surface area contributed by atoms with E-state index in [0.717, 1.165) is 17.7 Å². The Labute approximate surface area is 185 Å². The number of aromatic nitrogens is 3. The van der Waals surface area contributed by atoms with Gasteiger partial charge in [0, 0.05) is 16.6 Å². The summed E-state index contributed by atoms with van der Waals surface area (Å²) in [7, 11) is 0. The number of amides is 1. The zero-order valence-electron chi connectivity index (χ0n) is 16.9. The molecule has 1 saturated carbocycles. The zero-order chi connectivity index (χ0) is 20.9. The lowest BCUT2D eigenvalue weighted by Crippen LogP contribution is -2.41. The van der Waals surface area contributed by atoms with Crippen LogP contribution in [0.4, 0.5) is 0 Å². The molecular weight excluding hydrogens is 420 g/mol. The molecule has 2 aromatic heterocycles. The highest BCUT2D eigenvalue weighted by atomic mass is 35.5. The van der Waals surface area contributed by atoms with Crippen molar-refractivity contribution >= 4 is 29.3 Å². The van der Waals surface area contributed by atoms with Crippen molar-refractivity contribution in [1.82, 2.24) is 20.1 Å². The zero-order valence-corrected chi connectivity index (χ0v) is 18.5. The van der Waals surface area contributed by atoms with Gasteiger partial charge >= 0.3 is 0 Å². The van der Waals surface area contributed by atoms with Crippen LogP contribution in [0.3, 0.4) is 0 Å². The van der Waals surface area contributed by atoms with E-state index in [1.165, 1.54) is 31.0 Å². The van der Waals surface area contributed by atoms with Crippen LogP contribution in [-0.2, 0) is 11.3 Å². The molecule has 1 N–H and O–H groups in total. The fraction of sp³-hybridized carbons (Fsp3) is 0.409. The number of furan rings is 1. The number of carbonyl (C=O) groups is 1. The van der Waals surface area contributed by atoms with Crippen LogP contribution in [0.5, 0.6) is 0 Å². The monoisotopic (exact) mass is 444 g/mol. The molecule has 0 bridgehead atoms. The molecule has 1 aliphatic carbocycles. The molecule has 0 unspecified atom stereocenters. The second-order valence-electron chi connectivity index (χ2n) is 7.70. The molecule has 158 valence electrons. The summed E-state index contributed by atoms with van der Waals surface area (Å²) < 4.78 is 7.50. The first-order valence-electron chi connectivity index (χ1n) is 10.2. The molecule has 1 fully saturated rings. The summed E-state index contributed by atoms with van der Waals surface area (Å²) in [6, 6.07) is 11.5. The highest BCUT2D eigenvalue weighted by Crippen LogP contribution is 2.27. The summed E-state index contributed by atoms with van der Waals surface area (Å²) in [5.74, 6) is 2.39. The number of nitrogens with zero attached hydrogens (tertiary/aromatic N) is 3. The number of thioether (sulfide) groups is 1. The van der Waals surface area contributed by atoms with Gasteiger partial charge in [0.2, 0.25) is 5.91 Å². The van der Waals surface area contributed by atoms with Gasteiger partial charge < -0.3 is 9.73 Å². The summed E-state index contributed by atoms with van der Waals surface area (Å²) in [4.78, 5) is 12.6. The smallest absolute Gasteiger partial charge is 0.230 e. The minimum absolute atomic E-state index is 0.0411. The summed E-state index contributed by atoms with van der Waals surface area (Å²) in [5.41, 5.74) is 0.908. The summed E-state index contributed by atoms with van der Waals surface area (Å²) in [6.07, 6.45) is 6.33. The van der Waals surface area contributed by atoms with E-state index in [1.807, 2.05) is 41.0 Å². The van der Waals surface area contributed by atoms with Gasteiger partial charge in [-0.1, -0.05) is 43.1 Å². The summed E-state index contributed by atoms with van der Waals surface area (Å²) >= 11 is 7.42. The maximum atomic E-state index is 12.6. The topological polar surface area (TPSA) is 73.0 Å². The Balaban J connectivity index is 1.49. The first-order valence-corrected chi connectivity index (χ1v) is 11.6. The molecule has 30 heavy (non-hydrogen) atoms. The minimum Gasteiger partial charge on any atom is -0.467 e. The largest absolute Gasteiger partial charge is 0.467 e. The van der Waals surface area contributed by atoms with E-state index in [4.69, 9.17) is 16.0 Å². The average molecular weight is 445 g/mol. The van der Waals surface area contributed by atoms with E-state index in [1.54, 1.807) is 6.26 Å². The Kier molecular flexibility index (Phi) is 6.79. The van der Waals surface area contributed by atoms with Crippen LogP contribution >= 0.6 is 23.4 Å². The number of halogens is 1. The van der Waals surface area contributed by atoms with Crippen LogP contribution in [0, 0.1) is 5.92 Å². The molecule has 1 amide bonds. The van der Waals surface area contributed by atoms with Crippen molar-refractivity contribution < 1.29 is 9.21 Å². The molecular formula is C22H25ClN4O2S. The number of carbonyl (C=O) groups excluding carboxylic acids is 1. The lowest BCUT2D eigenvalue weighted by atomic mass is 9.86. The van der Waals surface area contributed by atoms with Gasteiger partial charge in [-0.25, -0.2) is 0 Å². The van der Waals surface area contributed by atoms with Gasteiger partial charge in [-0.3, -0.25) is 9.36 Å². The molecule has 1 aliphatic rings. The molecule has 2 atom stereocenters. The van der Waals surface area contributed by atoms with Crippen LogP contribution in [0.2, 0.25) is 5.02 Å². The fourth-order valence-electron chi connectivity index (χ4n) is 3.82. The first-order chi connectivity index (χ1) is 14.6. The summed E-state index contributed by atoms with van der Waals surface area (Å²) in [6.45, 7) is 2.71. The number of nitrogens with one attached hydrogen (secondary N) is 1. The van der Waals surface area contributed by atoms with Crippen LogP contribution in [-0.4, -0.2) is 32.5 Å². The molecule has 6 nitrogen and oxygen atoms in total. The third-order valence-corrected chi connectivity index (χ3v) is 6.72. The number of hydrogen-bond acceptors (Lipinski definition) is 5. The molecule has 0 aliphatic heterocycles. The Bertz CT molecular complexity index is 972. The van der Waals surface area contributed by atoms with E-state index >= 15 is 0 Å². The van der Waals surface area contributed by atoms with E-state index < -0.39 is 0 Å². The third-order valence-electron chi connectivity index (χ3n) is 5.50. The van der Waals surface area contributed by atoms with Gasteiger partial charge in [0.1, 0.15) is 5.76 Å². The molecule has 4 rings (SSSR count). The molecule has 0 radical (unpaired) electrons. The van der Waals surface area contributed by atoms with E-state index in [-0.39, 0.29) is 11.9 Å². The standard InChI is InChI=1S/C22H25ClN4O2S/c1-15-5-2-3-7-19(15)24-20(28)14-30-22-26-25-21(16-8-10-17(23)11-9-16)27(22)13-18-6-4-12-29-18/h4,6,8-12,15,19H,2-3,5,7,13-14H2,1H3,(H,24,28)/t15-,19+/m0/s1. The average Bonchev–Trinajstić information content (AvgIpc) is 3.39. The molecule has 0 saturated heterocycles. The van der Waals surface area contributed by atoms with E-state index in [0.29, 0.717) is 34.2 Å². The summed E-state index contributed by atoms with van der Waals surface area (Å²) in [5, 5.41) is 13.3. The minimum atomic E-state index is 0.0411. The Morgan fingerprint density at radius 1 is 1.23 bits per heavy atom. The molecule has 2 heterocycles. The van der Waals surface area contributed by atoms with Gasteiger partial charge in [-0.2, -0.15) is 0 Å². The number of rotatable bonds is 7. The van der Waals surface area contributed by atoms with Gasteiger partial charge in [-0.15, -0.1) is 10.2 Å². The van der Waals surface area contributed by atoms with Crippen LogP contribution in [0.15, 0.2) is 52.2 Å². The van der Waals surface area contributed by atoms with Crippen LogP contribution < -0.4 is 5.32 Å². The quantitative estimate of drug-likeness (QED) is 0.517. The second kappa shape index (κ2) is 9.71. The maximum absolute atomic E-state index is 12.6. The van der Waals surface area contributed by atoms with Crippen LogP contribution in [0.25, 0.3) is 11.4 Å². The molecule has 1 aromatic carbocycles.